The molecule has 1 aromatic rings. The van der Waals surface area contributed by atoms with E-state index in [9.17, 15) is 46.7 Å². The molecule has 1 aromatic carbocycles. The van der Waals surface area contributed by atoms with Gasteiger partial charge in [0.15, 0.2) is 0 Å². The van der Waals surface area contributed by atoms with Crippen molar-refractivity contribution in [3.05, 3.63) is 33.8 Å². The van der Waals surface area contributed by atoms with Crippen LogP contribution in [0.4, 0.5) is 13.2 Å². The van der Waals surface area contributed by atoms with Gasteiger partial charge in [-0.15, -0.1) is 0 Å². The van der Waals surface area contributed by atoms with Crippen molar-refractivity contribution in [3.63, 3.8) is 0 Å². The van der Waals surface area contributed by atoms with Gasteiger partial charge in [0, 0.05) is 43.7 Å². The third kappa shape index (κ3) is 12.1. The van der Waals surface area contributed by atoms with Gasteiger partial charge in [-0.1, -0.05) is 63.2 Å². The van der Waals surface area contributed by atoms with Crippen LogP contribution in [0.25, 0.3) is 0 Å². The molecule has 0 spiro atoms. The van der Waals surface area contributed by atoms with E-state index in [2.05, 4.69) is 21.3 Å². The van der Waals surface area contributed by atoms with Crippen LogP contribution in [0, 0.1) is 11.3 Å². The Hall–Kier alpha value is -4.12. The molecule has 2 heterocycles. The molecule has 1 aliphatic carbocycles. The molecule has 2 saturated heterocycles. The molecule has 346 valence electrons. The Kier molecular flexibility index (Phi) is 17.9. The first-order valence-corrected chi connectivity index (χ1v) is 22.4. The minimum Gasteiger partial charge on any atom is -0.354 e. The number of hydrogen-bond acceptors (Lipinski definition) is 7. The van der Waals surface area contributed by atoms with Gasteiger partial charge in [-0.25, -0.2) is 0 Å². The van der Waals surface area contributed by atoms with Gasteiger partial charge >= 0.3 is 6.18 Å². The molecule has 6 atom stereocenters. The second-order valence-electron chi connectivity index (χ2n) is 17.3. The van der Waals surface area contributed by atoms with Gasteiger partial charge in [-0.05, 0) is 94.4 Å². The molecular formula is C43H62Cl2F3N7O7. The van der Waals surface area contributed by atoms with E-state index in [4.69, 9.17) is 23.2 Å². The Morgan fingerprint density at radius 2 is 1.58 bits per heavy atom. The fourth-order valence-corrected chi connectivity index (χ4v) is 9.14. The van der Waals surface area contributed by atoms with Gasteiger partial charge in [-0.2, -0.15) is 13.2 Å². The highest BCUT2D eigenvalue weighted by Crippen LogP contribution is 2.51. The van der Waals surface area contributed by atoms with Crippen LogP contribution < -0.4 is 21.3 Å². The molecule has 14 nitrogen and oxygen atoms in total. The summed E-state index contributed by atoms with van der Waals surface area (Å²) < 4.78 is 43.4. The molecule has 2 aliphatic heterocycles. The third-order valence-corrected chi connectivity index (χ3v) is 13.0. The molecule has 1 saturated carbocycles. The van der Waals surface area contributed by atoms with E-state index in [0.29, 0.717) is 41.3 Å². The van der Waals surface area contributed by atoms with Gasteiger partial charge in [0.05, 0.1) is 0 Å². The van der Waals surface area contributed by atoms with E-state index in [-0.39, 0.29) is 76.8 Å². The number of carbonyl (C=O) groups is 7. The highest BCUT2D eigenvalue weighted by Gasteiger charge is 2.62. The van der Waals surface area contributed by atoms with Crippen molar-refractivity contribution in [1.29, 1.82) is 0 Å². The zero-order valence-electron chi connectivity index (χ0n) is 36.5. The molecule has 4 rings (SSSR count). The van der Waals surface area contributed by atoms with Gasteiger partial charge in [0.1, 0.15) is 41.7 Å². The summed E-state index contributed by atoms with van der Waals surface area (Å²) in [7, 11) is 2.80. The second kappa shape index (κ2) is 22.0. The van der Waals surface area contributed by atoms with Crippen LogP contribution in [0.15, 0.2) is 18.2 Å². The largest absolute Gasteiger partial charge is 0.403 e. The Morgan fingerprint density at radius 3 is 2.21 bits per heavy atom. The first kappa shape index (κ1) is 50.5. The van der Waals surface area contributed by atoms with Gasteiger partial charge in [0.2, 0.25) is 41.4 Å². The second-order valence-corrected chi connectivity index (χ2v) is 18.2. The zero-order chi connectivity index (χ0) is 46.1. The van der Waals surface area contributed by atoms with E-state index >= 15 is 0 Å². The number of alkyl halides is 3. The Balaban J connectivity index is 1.59. The SMILES string of the molecule is CC[C@H]1NC(=O)[C@H](Cc2cc(Cl)ccc2Cl)N(C)C(=O)[C@H](CC(C)C)NC(=O)[C@@H](N(C)C(=O)[C@H](C)NC(=O)[C@@H]2CCCN2C(=O)C2(C(F)(F)F)CCCCC2)CCCCNC1=O. The van der Waals surface area contributed by atoms with Gasteiger partial charge in [0.25, 0.3) is 0 Å². The summed E-state index contributed by atoms with van der Waals surface area (Å²) in [5.41, 5.74) is -2.09. The van der Waals surface area contributed by atoms with E-state index in [1.54, 1.807) is 25.1 Å². The fraction of sp³-hybridized carbons (Fsp3) is 0.698. The van der Waals surface area contributed by atoms with Crippen molar-refractivity contribution >= 4 is 64.6 Å². The number of carbonyl (C=O) groups excluding carboxylic acids is 7. The number of rotatable bonds is 10. The lowest BCUT2D eigenvalue weighted by Crippen LogP contribution is -2.60. The van der Waals surface area contributed by atoms with E-state index < -0.39 is 89.2 Å². The summed E-state index contributed by atoms with van der Waals surface area (Å²) in [6.07, 6.45) is -2.82. The van der Waals surface area contributed by atoms with Crippen LogP contribution in [0.2, 0.25) is 10.0 Å². The zero-order valence-corrected chi connectivity index (χ0v) is 38.0. The van der Waals surface area contributed by atoms with Gasteiger partial charge < -0.3 is 36.0 Å². The lowest BCUT2D eigenvalue weighted by molar-refractivity contribution is -0.236. The van der Waals surface area contributed by atoms with Crippen molar-refractivity contribution in [2.45, 2.75) is 154 Å². The molecule has 19 heteroatoms. The molecule has 0 bridgehead atoms. The summed E-state index contributed by atoms with van der Waals surface area (Å²) in [6.45, 7) is 7.00. The molecule has 7 amide bonds. The van der Waals surface area contributed by atoms with Crippen molar-refractivity contribution in [2.24, 2.45) is 11.3 Å². The standard InChI is InChI=1S/C43H62Cl2F3N7O7/c1-7-30-35(56)49-20-12-9-14-32(36(57)52-31(22-25(2)3)40(61)54(6)34(38(59)51-30)24-27-23-28(44)16-17-29(27)45)53(5)39(60)26(4)50-37(58)33-15-13-21-55(33)41(62)42(43(46,47)48)18-10-8-11-19-42/h16-17,23,25-26,30-34H,7-15,18-22,24H2,1-6H3,(H,49,56)(H,50,58)(H,51,59)(H,52,57)/t26-,30+,31-,32-,33-,34-/m0/s1. The summed E-state index contributed by atoms with van der Waals surface area (Å²) in [4.78, 5) is 101. The molecule has 3 fully saturated rings. The molecule has 62 heavy (non-hydrogen) atoms. The molecule has 3 aliphatic rings. The highest BCUT2D eigenvalue weighted by atomic mass is 35.5. The normalized spacial score (nSPS) is 25.1. The van der Waals surface area contributed by atoms with Crippen molar-refractivity contribution < 1.29 is 46.7 Å². The molecular weight excluding hydrogens is 854 g/mol. The van der Waals surface area contributed by atoms with Crippen LogP contribution in [-0.2, 0) is 40.0 Å². The van der Waals surface area contributed by atoms with Crippen LogP contribution in [0.5, 0.6) is 0 Å². The minimum atomic E-state index is -4.79. The quantitative estimate of drug-likeness (QED) is 0.258. The lowest BCUT2D eigenvalue weighted by Gasteiger charge is -2.41. The number of nitrogens with one attached hydrogen (secondary N) is 4. The van der Waals surface area contributed by atoms with E-state index in [1.165, 1.54) is 25.9 Å². The molecule has 0 unspecified atom stereocenters. The maximum atomic E-state index is 14.5. The predicted molar refractivity (Wildman–Crippen MR) is 228 cm³/mol. The molecule has 0 aromatic heterocycles. The summed E-state index contributed by atoms with van der Waals surface area (Å²) in [5.74, 6) is -5.06. The number of halogens is 5. The first-order valence-electron chi connectivity index (χ1n) is 21.7. The first-order chi connectivity index (χ1) is 29.1. The third-order valence-electron chi connectivity index (χ3n) is 12.4. The predicted octanol–water partition coefficient (Wildman–Crippen LogP) is 4.92. The number of benzene rings is 1. The number of likely N-dealkylation sites (N-methyl/N-ethyl adjacent to an activating group) is 2. The molecule has 0 radical (unpaired) electrons. The number of nitrogens with zero attached hydrogens (tertiary/aromatic N) is 3. The maximum Gasteiger partial charge on any atom is 0.403 e. The fourth-order valence-electron chi connectivity index (χ4n) is 8.75. The average molecular weight is 917 g/mol. The van der Waals surface area contributed by atoms with Gasteiger partial charge in [-0.3, -0.25) is 33.6 Å². The van der Waals surface area contributed by atoms with Crippen LogP contribution in [0.1, 0.15) is 110 Å². The van der Waals surface area contributed by atoms with Crippen LogP contribution in [-0.4, -0.2) is 126 Å². The number of likely N-dealkylation sites (tertiary alicyclic amines) is 1. The van der Waals surface area contributed by atoms with Crippen LogP contribution >= 0.6 is 23.2 Å². The summed E-state index contributed by atoms with van der Waals surface area (Å²) in [6, 6.07) is -2.19. The average Bonchev–Trinajstić information content (AvgIpc) is 3.72. The smallest absolute Gasteiger partial charge is 0.354 e. The van der Waals surface area contributed by atoms with Crippen molar-refractivity contribution in [1.82, 2.24) is 36.0 Å². The van der Waals surface area contributed by atoms with Crippen molar-refractivity contribution in [3.8, 4) is 0 Å². The Morgan fingerprint density at radius 1 is 0.919 bits per heavy atom. The lowest BCUT2D eigenvalue weighted by atomic mass is 9.72. The Bertz CT molecular complexity index is 1810. The number of hydrogen-bond donors (Lipinski definition) is 4. The van der Waals surface area contributed by atoms with E-state index in [1.807, 2.05) is 13.8 Å². The maximum absolute atomic E-state index is 14.5. The van der Waals surface area contributed by atoms with Crippen molar-refractivity contribution in [2.75, 3.05) is 27.2 Å². The van der Waals surface area contributed by atoms with Crippen LogP contribution in [0.3, 0.4) is 0 Å². The van der Waals surface area contributed by atoms with E-state index in [0.717, 1.165) is 9.80 Å². The minimum absolute atomic E-state index is 0.0238. The topological polar surface area (TPSA) is 177 Å². The Labute approximate surface area is 372 Å². The number of amides is 7. The monoisotopic (exact) mass is 915 g/mol. The molecule has 4 N–H and O–H groups in total. The highest BCUT2D eigenvalue weighted by molar-refractivity contribution is 6.33. The summed E-state index contributed by atoms with van der Waals surface area (Å²) in [5, 5.41) is 11.7. The summed E-state index contributed by atoms with van der Waals surface area (Å²) >= 11 is 12.8.